The maximum Gasteiger partial charge on any atom is 0.148 e. The molecule has 1 fully saturated rings. The lowest BCUT2D eigenvalue weighted by Gasteiger charge is -2.39. The molecule has 1 saturated heterocycles. The number of halogens is 1. The van der Waals surface area contributed by atoms with Gasteiger partial charge in [0.1, 0.15) is 22.4 Å². The van der Waals surface area contributed by atoms with Crippen LogP contribution in [0, 0.1) is 5.41 Å². The van der Waals surface area contributed by atoms with Crippen LogP contribution in [-0.4, -0.2) is 29.6 Å². The lowest BCUT2D eigenvalue weighted by Crippen LogP contribution is -2.40. The summed E-state index contributed by atoms with van der Waals surface area (Å²) in [6.07, 6.45) is 4.14. The maximum absolute atomic E-state index is 4.44. The maximum atomic E-state index is 4.44. The molecule has 0 saturated carbocycles. The quantitative estimate of drug-likeness (QED) is 0.929. The Bertz CT molecular complexity index is 419. The van der Waals surface area contributed by atoms with E-state index in [9.17, 15) is 0 Å². The van der Waals surface area contributed by atoms with Crippen LogP contribution in [-0.2, 0) is 0 Å². The SMILES string of the molecule is CCNc1ncnc(N2CCCC(C)(C)C2)c1Br. The summed E-state index contributed by atoms with van der Waals surface area (Å²) in [5.74, 6) is 1.89. The van der Waals surface area contributed by atoms with Crippen molar-refractivity contribution in [2.24, 2.45) is 5.41 Å². The second-order valence-corrected chi connectivity index (χ2v) is 6.37. The first kappa shape index (κ1) is 13.6. The van der Waals surface area contributed by atoms with E-state index in [1.807, 2.05) is 0 Å². The van der Waals surface area contributed by atoms with Gasteiger partial charge in [-0.3, -0.25) is 0 Å². The summed E-state index contributed by atoms with van der Waals surface area (Å²) < 4.78 is 0.976. The lowest BCUT2D eigenvalue weighted by molar-refractivity contribution is 0.292. The van der Waals surface area contributed by atoms with Crippen LogP contribution in [0.4, 0.5) is 11.6 Å². The van der Waals surface area contributed by atoms with Gasteiger partial charge in [0.2, 0.25) is 0 Å². The summed E-state index contributed by atoms with van der Waals surface area (Å²) >= 11 is 3.63. The minimum atomic E-state index is 0.362. The molecule has 1 aromatic rings. The third-order valence-electron chi connectivity index (χ3n) is 3.32. The van der Waals surface area contributed by atoms with Crippen molar-refractivity contribution in [1.82, 2.24) is 9.97 Å². The van der Waals surface area contributed by atoms with E-state index >= 15 is 0 Å². The van der Waals surface area contributed by atoms with Gasteiger partial charge in [-0.25, -0.2) is 9.97 Å². The highest BCUT2D eigenvalue weighted by molar-refractivity contribution is 9.10. The standard InChI is InChI=1S/C13H21BrN4/c1-4-15-11-10(14)12(17-9-16-11)18-7-5-6-13(2,3)8-18/h9H,4-8H2,1-3H3,(H,15,16,17). The molecule has 5 heteroatoms. The molecule has 1 aromatic heterocycles. The molecule has 0 bridgehead atoms. The van der Waals surface area contributed by atoms with Crippen molar-refractivity contribution in [2.45, 2.75) is 33.6 Å². The van der Waals surface area contributed by atoms with Crippen molar-refractivity contribution in [2.75, 3.05) is 29.9 Å². The van der Waals surface area contributed by atoms with Crippen molar-refractivity contribution in [1.29, 1.82) is 0 Å². The number of hydrogen-bond acceptors (Lipinski definition) is 4. The molecule has 18 heavy (non-hydrogen) atoms. The highest BCUT2D eigenvalue weighted by atomic mass is 79.9. The molecule has 1 aliphatic rings. The zero-order valence-electron chi connectivity index (χ0n) is 11.3. The van der Waals surface area contributed by atoms with E-state index in [1.165, 1.54) is 12.8 Å². The van der Waals surface area contributed by atoms with Crippen LogP contribution in [0.1, 0.15) is 33.6 Å². The largest absolute Gasteiger partial charge is 0.369 e. The molecule has 0 aromatic carbocycles. The third-order valence-corrected chi connectivity index (χ3v) is 4.05. The summed E-state index contributed by atoms with van der Waals surface area (Å²) in [7, 11) is 0. The number of nitrogens with zero attached hydrogens (tertiary/aromatic N) is 3. The minimum Gasteiger partial charge on any atom is -0.369 e. The van der Waals surface area contributed by atoms with Crippen molar-refractivity contribution in [3.05, 3.63) is 10.8 Å². The fourth-order valence-electron chi connectivity index (χ4n) is 2.48. The van der Waals surface area contributed by atoms with E-state index in [2.05, 4.69) is 56.9 Å². The van der Waals surface area contributed by atoms with Crippen molar-refractivity contribution < 1.29 is 0 Å². The van der Waals surface area contributed by atoms with Crippen LogP contribution in [0.15, 0.2) is 10.8 Å². The molecular formula is C13H21BrN4. The summed E-state index contributed by atoms with van der Waals surface area (Å²) in [5, 5.41) is 3.25. The van der Waals surface area contributed by atoms with Gasteiger partial charge in [0.05, 0.1) is 0 Å². The third kappa shape index (κ3) is 2.94. The van der Waals surface area contributed by atoms with Gasteiger partial charge in [0, 0.05) is 19.6 Å². The fraction of sp³-hybridized carbons (Fsp3) is 0.692. The van der Waals surface area contributed by atoms with Gasteiger partial charge >= 0.3 is 0 Å². The molecule has 0 aliphatic carbocycles. The molecule has 0 atom stereocenters. The van der Waals surface area contributed by atoms with Crippen LogP contribution in [0.2, 0.25) is 0 Å². The Kier molecular flexibility index (Phi) is 4.10. The number of rotatable bonds is 3. The van der Waals surface area contributed by atoms with Crippen molar-refractivity contribution >= 4 is 27.6 Å². The molecule has 0 amide bonds. The van der Waals surface area contributed by atoms with Gasteiger partial charge in [0.25, 0.3) is 0 Å². The Morgan fingerprint density at radius 2 is 2.22 bits per heavy atom. The molecule has 2 heterocycles. The van der Waals surface area contributed by atoms with Gasteiger partial charge in [-0.05, 0) is 41.1 Å². The lowest BCUT2D eigenvalue weighted by atomic mass is 9.84. The molecular weight excluding hydrogens is 292 g/mol. The van der Waals surface area contributed by atoms with E-state index in [4.69, 9.17) is 0 Å². The van der Waals surface area contributed by atoms with Crippen LogP contribution in [0.5, 0.6) is 0 Å². The smallest absolute Gasteiger partial charge is 0.148 e. The predicted molar refractivity (Wildman–Crippen MR) is 79.1 cm³/mol. The number of anilines is 2. The average Bonchev–Trinajstić information content (AvgIpc) is 2.31. The Balaban J connectivity index is 2.25. The zero-order valence-corrected chi connectivity index (χ0v) is 12.9. The molecule has 100 valence electrons. The summed E-state index contributed by atoms with van der Waals surface area (Å²) in [4.78, 5) is 11.1. The first-order chi connectivity index (χ1) is 8.53. The molecule has 2 rings (SSSR count). The summed E-state index contributed by atoms with van der Waals surface area (Å²) in [6, 6.07) is 0. The van der Waals surface area contributed by atoms with Gasteiger partial charge in [-0.1, -0.05) is 13.8 Å². The Labute approximate surface area is 117 Å². The van der Waals surface area contributed by atoms with Gasteiger partial charge in [-0.15, -0.1) is 0 Å². The summed E-state index contributed by atoms with van der Waals surface area (Å²) in [5.41, 5.74) is 0.362. The highest BCUT2D eigenvalue weighted by Gasteiger charge is 2.28. The van der Waals surface area contributed by atoms with Crippen LogP contribution >= 0.6 is 15.9 Å². The fourth-order valence-corrected chi connectivity index (χ4v) is 3.07. The van der Waals surface area contributed by atoms with Gasteiger partial charge in [0.15, 0.2) is 0 Å². The number of nitrogens with one attached hydrogen (secondary N) is 1. The molecule has 0 unspecified atom stereocenters. The van der Waals surface area contributed by atoms with Gasteiger partial charge in [-0.2, -0.15) is 0 Å². The normalized spacial score (nSPS) is 18.8. The zero-order chi connectivity index (χ0) is 13.2. The number of piperidine rings is 1. The second-order valence-electron chi connectivity index (χ2n) is 5.58. The Hall–Kier alpha value is -0.840. The van der Waals surface area contributed by atoms with Crippen LogP contribution < -0.4 is 10.2 Å². The first-order valence-electron chi connectivity index (χ1n) is 6.53. The molecule has 4 nitrogen and oxygen atoms in total. The Morgan fingerprint density at radius 1 is 1.44 bits per heavy atom. The van der Waals surface area contributed by atoms with E-state index in [0.29, 0.717) is 5.41 Å². The minimum absolute atomic E-state index is 0.362. The van der Waals surface area contributed by atoms with Crippen LogP contribution in [0.3, 0.4) is 0 Å². The first-order valence-corrected chi connectivity index (χ1v) is 7.32. The topological polar surface area (TPSA) is 41.1 Å². The highest BCUT2D eigenvalue weighted by Crippen LogP contribution is 2.35. The number of aromatic nitrogens is 2. The molecule has 0 spiro atoms. The molecule has 1 aliphatic heterocycles. The van der Waals surface area contributed by atoms with E-state index in [1.54, 1.807) is 6.33 Å². The van der Waals surface area contributed by atoms with E-state index in [-0.39, 0.29) is 0 Å². The van der Waals surface area contributed by atoms with Gasteiger partial charge < -0.3 is 10.2 Å². The predicted octanol–water partition coefficient (Wildman–Crippen LogP) is 3.30. The Morgan fingerprint density at radius 3 is 2.89 bits per heavy atom. The molecule has 1 N–H and O–H groups in total. The summed E-state index contributed by atoms with van der Waals surface area (Å²) in [6.45, 7) is 9.69. The van der Waals surface area contributed by atoms with Crippen LogP contribution in [0.25, 0.3) is 0 Å². The van der Waals surface area contributed by atoms with Crippen molar-refractivity contribution in [3.63, 3.8) is 0 Å². The molecule has 0 radical (unpaired) electrons. The number of hydrogen-bond donors (Lipinski definition) is 1. The average molecular weight is 313 g/mol. The monoisotopic (exact) mass is 312 g/mol. The van der Waals surface area contributed by atoms with E-state index in [0.717, 1.165) is 35.7 Å². The second kappa shape index (κ2) is 5.43. The van der Waals surface area contributed by atoms with E-state index < -0.39 is 0 Å². The van der Waals surface area contributed by atoms with Crippen molar-refractivity contribution in [3.8, 4) is 0 Å².